The normalized spacial score (nSPS) is 13.5. The monoisotopic (exact) mass is 447 g/mol. The van der Waals surface area contributed by atoms with Crippen molar-refractivity contribution in [3.63, 3.8) is 0 Å². The van der Waals surface area contributed by atoms with Crippen LogP contribution in [-0.4, -0.2) is 49.9 Å². The molecule has 30 heavy (non-hydrogen) atoms. The van der Waals surface area contributed by atoms with Crippen molar-refractivity contribution < 1.29 is 19.1 Å². The van der Waals surface area contributed by atoms with E-state index in [-0.39, 0.29) is 17.6 Å². The van der Waals surface area contributed by atoms with Crippen LogP contribution in [0.2, 0.25) is 5.02 Å². The third-order valence-electron chi connectivity index (χ3n) is 4.42. The second-order valence-corrected chi connectivity index (χ2v) is 7.32. The highest BCUT2D eigenvalue weighted by atomic mass is 35.5. The number of anilines is 2. The lowest BCUT2D eigenvalue weighted by molar-refractivity contribution is 0.0526. The van der Waals surface area contributed by atoms with E-state index in [4.69, 9.17) is 33.3 Å². The molecule has 1 aliphatic heterocycles. The summed E-state index contributed by atoms with van der Waals surface area (Å²) in [5.74, 6) is -0.804. The Labute approximate surface area is 185 Å². The highest BCUT2D eigenvalue weighted by molar-refractivity contribution is 7.80. The van der Waals surface area contributed by atoms with Crippen LogP contribution in [0.3, 0.4) is 0 Å². The first-order valence-electron chi connectivity index (χ1n) is 9.49. The van der Waals surface area contributed by atoms with Crippen molar-refractivity contribution in [2.75, 3.05) is 43.1 Å². The average Bonchev–Trinajstić information content (AvgIpc) is 2.74. The van der Waals surface area contributed by atoms with E-state index >= 15 is 0 Å². The first-order valence-corrected chi connectivity index (χ1v) is 10.3. The molecule has 0 aromatic heterocycles. The lowest BCUT2D eigenvalue weighted by Gasteiger charge is -2.30. The van der Waals surface area contributed by atoms with Crippen LogP contribution in [-0.2, 0) is 9.47 Å². The van der Waals surface area contributed by atoms with Crippen LogP contribution >= 0.6 is 23.8 Å². The van der Waals surface area contributed by atoms with Crippen molar-refractivity contribution in [2.24, 2.45) is 0 Å². The number of thiocarbonyl (C=S) groups is 1. The van der Waals surface area contributed by atoms with Gasteiger partial charge < -0.3 is 19.7 Å². The zero-order chi connectivity index (χ0) is 21.5. The van der Waals surface area contributed by atoms with Crippen molar-refractivity contribution in [3.8, 4) is 0 Å². The van der Waals surface area contributed by atoms with Crippen LogP contribution in [0.4, 0.5) is 11.4 Å². The summed E-state index contributed by atoms with van der Waals surface area (Å²) in [5.41, 5.74) is 2.15. The maximum absolute atomic E-state index is 12.5. The van der Waals surface area contributed by atoms with Crippen LogP contribution < -0.4 is 15.5 Å². The largest absolute Gasteiger partial charge is 0.462 e. The van der Waals surface area contributed by atoms with Crippen LogP contribution in [0.5, 0.6) is 0 Å². The molecule has 0 atom stereocenters. The summed E-state index contributed by atoms with van der Waals surface area (Å²) in [4.78, 5) is 26.9. The Hall–Kier alpha value is -2.68. The molecule has 1 aliphatic rings. The Morgan fingerprint density at radius 2 is 1.97 bits per heavy atom. The molecule has 1 saturated heterocycles. The molecular formula is C21H22ClN3O4S. The van der Waals surface area contributed by atoms with Crippen molar-refractivity contribution in [3.05, 3.63) is 58.6 Å². The van der Waals surface area contributed by atoms with E-state index in [9.17, 15) is 9.59 Å². The summed E-state index contributed by atoms with van der Waals surface area (Å²) >= 11 is 11.2. The number of amides is 1. The topological polar surface area (TPSA) is 79.9 Å². The van der Waals surface area contributed by atoms with Crippen molar-refractivity contribution >= 4 is 52.2 Å². The molecule has 0 bridgehead atoms. The van der Waals surface area contributed by atoms with E-state index in [2.05, 4.69) is 15.5 Å². The van der Waals surface area contributed by atoms with Gasteiger partial charge in [0.05, 0.1) is 31.1 Å². The second kappa shape index (κ2) is 10.4. The third-order valence-corrected chi connectivity index (χ3v) is 4.85. The van der Waals surface area contributed by atoms with Crippen LogP contribution in [0.25, 0.3) is 0 Å². The first kappa shape index (κ1) is 22.0. The van der Waals surface area contributed by atoms with Gasteiger partial charge in [0.1, 0.15) is 0 Å². The molecule has 0 spiro atoms. The molecule has 1 heterocycles. The fraction of sp³-hybridized carbons (Fsp3) is 0.286. The van der Waals surface area contributed by atoms with Gasteiger partial charge in [-0.2, -0.15) is 0 Å². The maximum atomic E-state index is 12.5. The molecule has 3 rings (SSSR count). The van der Waals surface area contributed by atoms with Gasteiger partial charge in [0, 0.05) is 29.4 Å². The first-order chi connectivity index (χ1) is 14.5. The van der Waals surface area contributed by atoms with E-state index in [1.165, 1.54) is 0 Å². The lowest BCUT2D eigenvalue weighted by Crippen LogP contribution is -2.37. The van der Waals surface area contributed by atoms with Gasteiger partial charge in [0.25, 0.3) is 5.91 Å². The van der Waals surface area contributed by atoms with Gasteiger partial charge in [-0.25, -0.2) is 4.79 Å². The molecule has 7 nitrogen and oxygen atoms in total. The minimum atomic E-state index is -0.420. The number of hydrogen-bond acceptors (Lipinski definition) is 6. The number of carbonyl (C=O) groups is 2. The van der Waals surface area contributed by atoms with Gasteiger partial charge in [0.15, 0.2) is 5.11 Å². The minimum absolute atomic E-state index is 0.105. The molecule has 0 radical (unpaired) electrons. The quantitative estimate of drug-likeness (QED) is 0.536. The molecule has 158 valence electrons. The zero-order valence-electron chi connectivity index (χ0n) is 16.4. The van der Waals surface area contributed by atoms with Gasteiger partial charge >= 0.3 is 5.97 Å². The SMILES string of the molecule is CCOC(=O)c1cc(NC(=S)NC(=O)c2cccc(Cl)c2)ccc1N1CCOCC1. The van der Waals surface area contributed by atoms with Crippen LogP contribution in [0.1, 0.15) is 27.6 Å². The fourth-order valence-corrected chi connectivity index (χ4v) is 3.43. The van der Waals surface area contributed by atoms with Crippen molar-refractivity contribution in [1.82, 2.24) is 5.32 Å². The second-order valence-electron chi connectivity index (χ2n) is 6.47. The number of nitrogens with one attached hydrogen (secondary N) is 2. The number of carbonyl (C=O) groups excluding carboxylic acids is 2. The highest BCUT2D eigenvalue weighted by Gasteiger charge is 2.20. The standard InChI is InChI=1S/C21H22ClN3O4S/c1-2-29-20(27)17-13-16(6-7-18(17)25-8-10-28-11-9-25)23-21(30)24-19(26)14-4-3-5-15(22)12-14/h3-7,12-13H,2,8-11H2,1H3,(H2,23,24,26,30). The molecule has 1 fully saturated rings. The summed E-state index contributed by atoms with van der Waals surface area (Å²) < 4.78 is 10.6. The van der Waals surface area contributed by atoms with E-state index in [1.54, 1.807) is 43.3 Å². The average molecular weight is 448 g/mol. The number of rotatable bonds is 5. The van der Waals surface area contributed by atoms with Gasteiger partial charge in [-0.3, -0.25) is 10.1 Å². The summed E-state index contributed by atoms with van der Waals surface area (Å²) in [6.45, 7) is 4.60. The molecule has 0 saturated carbocycles. The van der Waals surface area contributed by atoms with E-state index in [0.29, 0.717) is 48.1 Å². The number of hydrogen-bond donors (Lipinski definition) is 2. The van der Waals surface area contributed by atoms with Gasteiger partial charge in [-0.1, -0.05) is 17.7 Å². The molecule has 2 aromatic rings. The number of benzene rings is 2. The van der Waals surface area contributed by atoms with E-state index in [1.807, 2.05) is 6.07 Å². The smallest absolute Gasteiger partial charge is 0.340 e. The van der Waals surface area contributed by atoms with Gasteiger partial charge in [-0.15, -0.1) is 0 Å². The van der Waals surface area contributed by atoms with Crippen LogP contribution in [0, 0.1) is 0 Å². The van der Waals surface area contributed by atoms with Crippen molar-refractivity contribution in [2.45, 2.75) is 6.92 Å². The minimum Gasteiger partial charge on any atom is -0.462 e. The highest BCUT2D eigenvalue weighted by Crippen LogP contribution is 2.26. The predicted octanol–water partition coefficient (Wildman–Crippen LogP) is 3.48. The molecule has 0 unspecified atom stereocenters. The Bertz CT molecular complexity index is 948. The molecule has 2 N–H and O–H groups in total. The summed E-state index contributed by atoms with van der Waals surface area (Å²) in [6, 6.07) is 11.9. The molecule has 1 amide bonds. The molecule has 2 aromatic carbocycles. The Morgan fingerprint density at radius 1 is 1.20 bits per heavy atom. The third kappa shape index (κ3) is 5.69. The predicted molar refractivity (Wildman–Crippen MR) is 121 cm³/mol. The number of esters is 1. The van der Waals surface area contributed by atoms with E-state index in [0.717, 1.165) is 5.69 Å². The molecule has 0 aliphatic carbocycles. The van der Waals surface area contributed by atoms with E-state index < -0.39 is 5.97 Å². The zero-order valence-corrected chi connectivity index (χ0v) is 18.0. The van der Waals surface area contributed by atoms with Crippen molar-refractivity contribution in [1.29, 1.82) is 0 Å². The fourth-order valence-electron chi connectivity index (χ4n) is 3.03. The number of morpholine rings is 1. The number of nitrogens with zero attached hydrogens (tertiary/aromatic N) is 1. The lowest BCUT2D eigenvalue weighted by atomic mass is 10.1. The Morgan fingerprint density at radius 3 is 2.67 bits per heavy atom. The summed E-state index contributed by atoms with van der Waals surface area (Å²) in [5, 5.41) is 6.11. The molecule has 9 heteroatoms. The van der Waals surface area contributed by atoms with Gasteiger partial charge in [-0.05, 0) is 55.5 Å². The number of ether oxygens (including phenoxy) is 2. The Balaban J connectivity index is 1.75. The summed E-state index contributed by atoms with van der Waals surface area (Å²) in [6.07, 6.45) is 0. The van der Waals surface area contributed by atoms with Crippen LogP contribution in [0.15, 0.2) is 42.5 Å². The number of halogens is 1. The molecular weight excluding hydrogens is 426 g/mol. The van der Waals surface area contributed by atoms with Gasteiger partial charge in [0.2, 0.25) is 0 Å². The Kier molecular flexibility index (Phi) is 7.62. The summed E-state index contributed by atoms with van der Waals surface area (Å²) in [7, 11) is 0. The maximum Gasteiger partial charge on any atom is 0.340 e.